The maximum absolute atomic E-state index is 12.9. The molecule has 0 aliphatic carbocycles. The van der Waals surface area contributed by atoms with Gasteiger partial charge in [0.05, 0.1) is 6.04 Å². The minimum atomic E-state index is -0.235. The molecule has 1 heterocycles. The highest BCUT2D eigenvalue weighted by molar-refractivity contribution is 9.10. The van der Waals surface area contributed by atoms with Crippen molar-refractivity contribution in [1.82, 2.24) is 0 Å². The van der Waals surface area contributed by atoms with E-state index in [1.54, 1.807) is 17.4 Å². The van der Waals surface area contributed by atoms with Crippen LogP contribution in [0.25, 0.3) is 0 Å². The molecule has 0 saturated heterocycles. The van der Waals surface area contributed by atoms with Gasteiger partial charge in [-0.3, -0.25) is 0 Å². The van der Waals surface area contributed by atoms with E-state index in [2.05, 4.69) is 34.2 Å². The highest BCUT2D eigenvalue weighted by Crippen LogP contribution is 2.28. The molecular weight excluding hydrogens is 289 g/mol. The Morgan fingerprint density at radius 2 is 2.19 bits per heavy atom. The van der Waals surface area contributed by atoms with Gasteiger partial charge in [-0.1, -0.05) is 6.07 Å². The summed E-state index contributed by atoms with van der Waals surface area (Å²) in [5.74, 6) is -0.235. The number of hydrogen-bond donors (Lipinski definition) is 1. The molecule has 0 aliphatic rings. The summed E-state index contributed by atoms with van der Waals surface area (Å²) < 4.78 is 13.6. The zero-order valence-corrected chi connectivity index (χ0v) is 11.1. The van der Waals surface area contributed by atoms with Crippen molar-refractivity contribution in [1.29, 1.82) is 0 Å². The van der Waals surface area contributed by atoms with E-state index in [1.807, 2.05) is 11.4 Å². The number of anilines is 1. The number of nitrogens with one attached hydrogen (secondary N) is 1. The quantitative estimate of drug-likeness (QED) is 0.856. The molecule has 0 bridgehead atoms. The Labute approximate surface area is 106 Å². The van der Waals surface area contributed by atoms with Gasteiger partial charge < -0.3 is 5.32 Å². The number of hydrogen-bond acceptors (Lipinski definition) is 2. The summed E-state index contributed by atoms with van der Waals surface area (Å²) in [5, 5.41) is 5.39. The maximum atomic E-state index is 12.9. The van der Waals surface area contributed by atoms with Crippen molar-refractivity contribution in [2.45, 2.75) is 13.0 Å². The Hall–Kier alpha value is -0.870. The van der Waals surface area contributed by atoms with Gasteiger partial charge in [0.25, 0.3) is 0 Å². The van der Waals surface area contributed by atoms with Gasteiger partial charge in [-0.15, -0.1) is 11.3 Å². The lowest BCUT2D eigenvalue weighted by molar-refractivity contribution is 0.627. The summed E-state index contributed by atoms with van der Waals surface area (Å²) in [6.07, 6.45) is 0. The summed E-state index contributed by atoms with van der Waals surface area (Å²) >= 11 is 5.05. The standard InChI is InChI=1S/C12H11BrFNS/c1-8(12-3-2-6-16-12)15-11-5-4-9(14)7-10(11)13/h2-8,15H,1H3. The van der Waals surface area contributed by atoms with Crippen molar-refractivity contribution in [2.24, 2.45) is 0 Å². The van der Waals surface area contributed by atoms with E-state index in [0.29, 0.717) is 0 Å². The first kappa shape index (κ1) is 11.6. The normalized spacial score (nSPS) is 12.4. The molecule has 1 atom stereocenters. The maximum Gasteiger partial charge on any atom is 0.124 e. The van der Waals surface area contributed by atoms with Crippen LogP contribution in [-0.4, -0.2) is 0 Å². The van der Waals surface area contributed by atoms with Crippen LogP contribution < -0.4 is 5.32 Å². The lowest BCUT2D eigenvalue weighted by Crippen LogP contribution is -2.05. The zero-order chi connectivity index (χ0) is 11.5. The second-order valence-corrected chi connectivity index (χ2v) is 5.34. The van der Waals surface area contributed by atoms with Crippen LogP contribution in [0.5, 0.6) is 0 Å². The number of rotatable bonds is 3. The molecule has 0 aliphatic heterocycles. The Kier molecular flexibility index (Phi) is 3.61. The fourth-order valence-electron chi connectivity index (χ4n) is 1.45. The van der Waals surface area contributed by atoms with Crippen molar-refractivity contribution < 1.29 is 4.39 Å². The average Bonchev–Trinajstić information content (AvgIpc) is 2.75. The van der Waals surface area contributed by atoms with Crippen LogP contribution in [0.4, 0.5) is 10.1 Å². The van der Waals surface area contributed by atoms with Crippen molar-refractivity contribution in [3.8, 4) is 0 Å². The SMILES string of the molecule is CC(Nc1ccc(F)cc1Br)c1cccs1. The van der Waals surface area contributed by atoms with E-state index in [9.17, 15) is 4.39 Å². The highest BCUT2D eigenvalue weighted by atomic mass is 79.9. The van der Waals surface area contributed by atoms with E-state index >= 15 is 0 Å². The number of halogens is 2. The van der Waals surface area contributed by atoms with E-state index in [-0.39, 0.29) is 11.9 Å². The highest BCUT2D eigenvalue weighted by Gasteiger charge is 2.08. The van der Waals surface area contributed by atoms with Crippen LogP contribution in [0.3, 0.4) is 0 Å². The molecule has 16 heavy (non-hydrogen) atoms. The molecule has 0 amide bonds. The summed E-state index contributed by atoms with van der Waals surface area (Å²) in [7, 11) is 0. The van der Waals surface area contributed by atoms with Gasteiger partial charge in [-0.2, -0.15) is 0 Å². The van der Waals surface area contributed by atoms with E-state index < -0.39 is 0 Å². The first-order valence-electron chi connectivity index (χ1n) is 4.92. The molecule has 1 unspecified atom stereocenters. The first-order valence-corrected chi connectivity index (χ1v) is 6.59. The molecule has 1 nitrogen and oxygen atoms in total. The molecule has 84 valence electrons. The van der Waals surface area contributed by atoms with Gasteiger partial charge in [0.2, 0.25) is 0 Å². The van der Waals surface area contributed by atoms with Crippen LogP contribution >= 0.6 is 27.3 Å². The van der Waals surface area contributed by atoms with Crippen LogP contribution in [0.1, 0.15) is 17.8 Å². The van der Waals surface area contributed by atoms with Crippen LogP contribution in [0.15, 0.2) is 40.2 Å². The summed E-state index contributed by atoms with van der Waals surface area (Å²) in [6, 6.07) is 8.99. The summed E-state index contributed by atoms with van der Waals surface area (Å²) in [5.41, 5.74) is 0.905. The van der Waals surface area contributed by atoms with E-state index in [0.717, 1.165) is 10.2 Å². The molecule has 2 aromatic rings. The molecule has 0 spiro atoms. The Bertz CT molecular complexity index is 470. The Morgan fingerprint density at radius 1 is 1.38 bits per heavy atom. The van der Waals surface area contributed by atoms with Crippen LogP contribution in [0, 0.1) is 5.82 Å². The van der Waals surface area contributed by atoms with E-state index in [1.165, 1.54) is 17.0 Å². The minimum absolute atomic E-state index is 0.224. The molecule has 1 aromatic heterocycles. The topological polar surface area (TPSA) is 12.0 Å². The Balaban J connectivity index is 2.15. The van der Waals surface area contributed by atoms with Gasteiger partial charge in [0.1, 0.15) is 5.82 Å². The largest absolute Gasteiger partial charge is 0.377 e. The number of benzene rings is 1. The zero-order valence-electron chi connectivity index (χ0n) is 8.71. The van der Waals surface area contributed by atoms with Crippen molar-refractivity contribution in [2.75, 3.05) is 5.32 Å². The molecule has 1 N–H and O–H groups in total. The monoisotopic (exact) mass is 299 g/mol. The Morgan fingerprint density at radius 3 is 2.81 bits per heavy atom. The van der Waals surface area contributed by atoms with Gasteiger partial charge >= 0.3 is 0 Å². The summed E-state index contributed by atoms with van der Waals surface area (Å²) in [6.45, 7) is 2.08. The fraction of sp³-hybridized carbons (Fsp3) is 0.167. The molecule has 0 fully saturated rings. The van der Waals surface area contributed by atoms with Crippen molar-refractivity contribution in [3.63, 3.8) is 0 Å². The lowest BCUT2D eigenvalue weighted by Gasteiger charge is -2.15. The summed E-state index contributed by atoms with van der Waals surface area (Å²) in [4.78, 5) is 1.26. The second-order valence-electron chi connectivity index (χ2n) is 3.51. The lowest BCUT2D eigenvalue weighted by atomic mass is 10.2. The van der Waals surface area contributed by atoms with Crippen LogP contribution in [-0.2, 0) is 0 Å². The molecule has 2 rings (SSSR count). The van der Waals surface area contributed by atoms with Gasteiger partial charge in [-0.05, 0) is 52.5 Å². The fourth-order valence-corrected chi connectivity index (χ4v) is 2.65. The third-order valence-electron chi connectivity index (χ3n) is 2.27. The third-order valence-corrected chi connectivity index (χ3v) is 3.98. The smallest absolute Gasteiger partial charge is 0.124 e. The average molecular weight is 300 g/mol. The van der Waals surface area contributed by atoms with Gasteiger partial charge in [0, 0.05) is 15.0 Å². The molecule has 4 heteroatoms. The minimum Gasteiger partial charge on any atom is -0.377 e. The molecule has 0 radical (unpaired) electrons. The number of thiophene rings is 1. The van der Waals surface area contributed by atoms with E-state index in [4.69, 9.17) is 0 Å². The molecule has 1 aromatic carbocycles. The van der Waals surface area contributed by atoms with Crippen molar-refractivity contribution >= 4 is 33.0 Å². The van der Waals surface area contributed by atoms with Gasteiger partial charge in [-0.25, -0.2) is 4.39 Å². The molecular formula is C12H11BrFNS. The van der Waals surface area contributed by atoms with Gasteiger partial charge in [0.15, 0.2) is 0 Å². The van der Waals surface area contributed by atoms with Crippen LogP contribution in [0.2, 0.25) is 0 Å². The van der Waals surface area contributed by atoms with Crippen molar-refractivity contribution in [3.05, 3.63) is 50.9 Å². The third kappa shape index (κ3) is 2.62. The molecule has 0 saturated carbocycles. The first-order chi connectivity index (χ1) is 7.66. The second kappa shape index (κ2) is 4.97. The predicted molar refractivity (Wildman–Crippen MR) is 70.5 cm³/mol. The predicted octanol–water partition coefficient (Wildman–Crippen LogP) is 4.82.